The Balaban J connectivity index is 1.50. The normalized spacial score (nSPS) is 10.7. The number of nitrogens with one attached hydrogen (secondary N) is 3. The Bertz CT molecular complexity index is 1040. The van der Waals surface area contributed by atoms with Crippen LogP contribution in [0.4, 0.5) is 5.95 Å². The molecule has 1 amide bonds. The van der Waals surface area contributed by atoms with Crippen molar-refractivity contribution in [2.24, 2.45) is 0 Å². The van der Waals surface area contributed by atoms with E-state index in [0.29, 0.717) is 15.9 Å². The maximum atomic E-state index is 12.0. The fourth-order valence-electron chi connectivity index (χ4n) is 2.13. The number of benzene rings is 1. The lowest BCUT2D eigenvalue weighted by molar-refractivity contribution is -0.116. The third kappa shape index (κ3) is 5.56. The Hall–Kier alpha value is -2.85. The van der Waals surface area contributed by atoms with Crippen LogP contribution in [0.3, 0.4) is 0 Å². The van der Waals surface area contributed by atoms with E-state index < -0.39 is 5.56 Å². The minimum Gasteiger partial charge on any atom is -0.295 e. The zero-order valence-electron chi connectivity index (χ0n) is 13.9. The number of aromatic nitrogens is 5. The molecule has 9 nitrogen and oxygen atoms in total. The average molecular weight is 407 g/mol. The summed E-state index contributed by atoms with van der Waals surface area (Å²) in [4.78, 5) is 38.9. The van der Waals surface area contributed by atoms with E-state index in [9.17, 15) is 14.4 Å². The van der Waals surface area contributed by atoms with Crippen LogP contribution >= 0.6 is 23.4 Å². The van der Waals surface area contributed by atoms with Gasteiger partial charge in [0.25, 0.3) is 11.1 Å². The number of nitrogens with zero attached hydrogens (tertiary/aromatic N) is 3. The largest absolute Gasteiger partial charge is 0.295 e. The zero-order valence-corrected chi connectivity index (χ0v) is 15.5. The summed E-state index contributed by atoms with van der Waals surface area (Å²) in [6.07, 6.45) is -0.00614. The van der Waals surface area contributed by atoms with Crippen molar-refractivity contribution < 1.29 is 4.79 Å². The Kier molecular flexibility index (Phi) is 6.09. The molecule has 3 rings (SSSR count). The molecule has 3 aromatic rings. The number of halogens is 1. The van der Waals surface area contributed by atoms with Gasteiger partial charge in [-0.1, -0.05) is 35.5 Å². The highest BCUT2D eigenvalue weighted by atomic mass is 35.5. The average Bonchev–Trinajstić information content (AvgIpc) is 3.09. The topological polar surface area (TPSA) is 126 Å². The summed E-state index contributed by atoms with van der Waals surface area (Å²) in [5.41, 5.74) is 0.276. The summed E-state index contributed by atoms with van der Waals surface area (Å²) < 4.78 is 1.08. The van der Waals surface area contributed by atoms with Crippen LogP contribution in [0.25, 0.3) is 0 Å². The Labute approximate surface area is 162 Å². The van der Waals surface area contributed by atoms with Gasteiger partial charge in [-0.05, 0) is 17.7 Å². The number of H-pyrrole nitrogens is 2. The molecule has 0 saturated heterocycles. The molecule has 2 heterocycles. The van der Waals surface area contributed by atoms with Crippen molar-refractivity contribution in [3.05, 3.63) is 67.7 Å². The first kappa shape index (κ1) is 18.9. The SMILES string of the molecule is O=C(CCn1[nH]c(=O)ccc1=O)Nc1nc(SCc2ccc(Cl)cc2)n[nH]1. The van der Waals surface area contributed by atoms with E-state index >= 15 is 0 Å². The lowest BCUT2D eigenvalue weighted by atomic mass is 10.2. The van der Waals surface area contributed by atoms with Gasteiger partial charge in [-0.15, -0.1) is 5.10 Å². The van der Waals surface area contributed by atoms with Crippen LogP contribution in [0.5, 0.6) is 0 Å². The van der Waals surface area contributed by atoms with Crippen molar-refractivity contribution in [3.8, 4) is 0 Å². The third-order valence-corrected chi connectivity index (χ3v) is 4.63. The summed E-state index contributed by atoms with van der Waals surface area (Å²) in [5, 5.41) is 12.8. The molecule has 0 spiro atoms. The Morgan fingerprint density at radius 1 is 1.19 bits per heavy atom. The predicted molar refractivity (Wildman–Crippen MR) is 102 cm³/mol. The standard InChI is InChI=1S/C16H15ClN6O3S/c17-11-3-1-10(2-4-11)9-27-16-19-15(20-21-16)18-12(24)7-8-23-14(26)6-5-13(25)22-23/h1-6H,7-9H2,(H,22,25)(H2,18,19,20,21,24). The lowest BCUT2D eigenvalue weighted by Gasteiger charge is -2.04. The summed E-state index contributed by atoms with van der Waals surface area (Å²) in [7, 11) is 0. The first-order valence-electron chi connectivity index (χ1n) is 7.89. The van der Waals surface area contributed by atoms with Gasteiger partial charge in [0.2, 0.25) is 17.0 Å². The number of aryl methyl sites for hydroxylation is 1. The lowest BCUT2D eigenvalue weighted by Crippen LogP contribution is -2.29. The molecule has 0 unspecified atom stereocenters. The number of amides is 1. The molecule has 0 aliphatic heterocycles. The second-order valence-corrected chi connectivity index (χ2v) is 6.86. The molecule has 0 saturated carbocycles. The van der Waals surface area contributed by atoms with E-state index in [4.69, 9.17) is 11.6 Å². The van der Waals surface area contributed by atoms with Crippen LogP contribution in [0, 0.1) is 0 Å². The monoisotopic (exact) mass is 406 g/mol. The highest BCUT2D eigenvalue weighted by molar-refractivity contribution is 7.98. The van der Waals surface area contributed by atoms with Gasteiger partial charge in [-0.3, -0.25) is 24.8 Å². The first-order chi connectivity index (χ1) is 13.0. The van der Waals surface area contributed by atoms with Gasteiger partial charge in [0.15, 0.2) is 0 Å². The zero-order chi connectivity index (χ0) is 19.2. The molecule has 0 atom stereocenters. The van der Waals surface area contributed by atoms with Crippen LogP contribution in [-0.4, -0.2) is 30.9 Å². The Morgan fingerprint density at radius 3 is 2.74 bits per heavy atom. The van der Waals surface area contributed by atoms with Gasteiger partial charge in [0.05, 0.1) is 6.54 Å². The minimum absolute atomic E-state index is 0.00614. The van der Waals surface area contributed by atoms with E-state index in [2.05, 4.69) is 25.6 Å². The molecular weight excluding hydrogens is 392 g/mol. The summed E-state index contributed by atoms with van der Waals surface area (Å²) in [5.74, 6) is 0.511. The van der Waals surface area contributed by atoms with Crippen LogP contribution in [-0.2, 0) is 17.1 Å². The van der Waals surface area contributed by atoms with Crippen molar-refractivity contribution in [3.63, 3.8) is 0 Å². The van der Waals surface area contributed by atoms with Crippen LogP contribution in [0.1, 0.15) is 12.0 Å². The van der Waals surface area contributed by atoms with Gasteiger partial charge in [-0.2, -0.15) is 4.98 Å². The molecule has 0 radical (unpaired) electrons. The smallest absolute Gasteiger partial charge is 0.265 e. The fourth-order valence-corrected chi connectivity index (χ4v) is 3.01. The molecule has 11 heteroatoms. The number of aromatic amines is 2. The highest BCUT2D eigenvalue weighted by Crippen LogP contribution is 2.21. The predicted octanol–water partition coefficient (Wildman–Crippen LogP) is 1.63. The summed E-state index contributed by atoms with van der Waals surface area (Å²) in [6.45, 7) is 0.0487. The second kappa shape index (κ2) is 8.69. The quantitative estimate of drug-likeness (QED) is 0.512. The van der Waals surface area contributed by atoms with E-state index in [1.807, 2.05) is 24.3 Å². The van der Waals surface area contributed by atoms with Gasteiger partial charge in [0, 0.05) is 29.3 Å². The summed E-state index contributed by atoms with van der Waals surface area (Å²) >= 11 is 7.26. The molecule has 0 bridgehead atoms. The van der Waals surface area contributed by atoms with Crippen molar-refractivity contribution in [1.29, 1.82) is 0 Å². The number of carbonyl (C=O) groups excluding carboxylic acids is 1. The number of anilines is 1. The van der Waals surface area contributed by atoms with Crippen LogP contribution in [0.2, 0.25) is 5.02 Å². The van der Waals surface area contributed by atoms with Crippen molar-refractivity contribution in [2.75, 3.05) is 5.32 Å². The van der Waals surface area contributed by atoms with E-state index in [1.54, 1.807) is 0 Å². The maximum Gasteiger partial charge on any atom is 0.265 e. The number of hydrogen-bond donors (Lipinski definition) is 3. The van der Waals surface area contributed by atoms with Crippen molar-refractivity contribution in [2.45, 2.75) is 23.9 Å². The molecule has 0 aliphatic carbocycles. The molecular formula is C16H15ClN6O3S. The van der Waals surface area contributed by atoms with Crippen LogP contribution < -0.4 is 16.4 Å². The van der Waals surface area contributed by atoms with E-state index in [1.165, 1.54) is 11.8 Å². The molecule has 3 N–H and O–H groups in total. The minimum atomic E-state index is -0.410. The number of carbonyl (C=O) groups is 1. The van der Waals surface area contributed by atoms with Crippen molar-refractivity contribution >= 4 is 35.2 Å². The molecule has 140 valence electrons. The number of rotatable bonds is 7. The highest BCUT2D eigenvalue weighted by Gasteiger charge is 2.09. The fraction of sp³-hybridized carbons (Fsp3) is 0.188. The Morgan fingerprint density at radius 2 is 1.96 bits per heavy atom. The number of hydrogen-bond acceptors (Lipinski definition) is 6. The van der Waals surface area contributed by atoms with E-state index in [0.717, 1.165) is 22.4 Å². The van der Waals surface area contributed by atoms with E-state index in [-0.39, 0.29) is 30.4 Å². The van der Waals surface area contributed by atoms with Gasteiger partial charge in [0.1, 0.15) is 0 Å². The first-order valence-corrected chi connectivity index (χ1v) is 9.25. The number of thioether (sulfide) groups is 1. The van der Waals surface area contributed by atoms with Crippen LogP contribution in [0.15, 0.2) is 51.1 Å². The third-order valence-electron chi connectivity index (χ3n) is 3.45. The van der Waals surface area contributed by atoms with Gasteiger partial charge >= 0.3 is 0 Å². The molecule has 1 aromatic carbocycles. The van der Waals surface area contributed by atoms with Crippen molar-refractivity contribution in [1.82, 2.24) is 25.0 Å². The molecule has 0 aliphatic rings. The molecule has 27 heavy (non-hydrogen) atoms. The molecule has 2 aromatic heterocycles. The van der Waals surface area contributed by atoms with Gasteiger partial charge < -0.3 is 0 Å². The molecule has 0 fully saturated rings. The maximum absolute atomic E-state index is 12.0. The summed E-state index contributed by atoms with van der Waals surface area (Å²) in [6, 6.07) is 9.74. The van der Waals surface area contributed by atoms with Gasteiger partial charge in [-0.25, -0.2) is 9.78 Å². The second-order valence-electron chi connectivity index (χ2n) is 5.48.